The smallest absolute Gasteiger partial charge is 0.315 e. The maximum absolute atomic E-state index is 12.0. The fourth-order valence-electron chi connectivity index (χ4n) is 2.69. The molecule has 1 atom stereocenters. The highest BCUT2D eigenvalue weighted by molar-refractivity contribution is 5.74. The Bertz CT molecular complexity index is 661. The second kappa shape index (κ2) is 7.71. The van der Waals surface area contributed by atoms with Gasteiger partial charge in [0.25, 0.3) is 0 Å². The molecule has 0 bridgehead atoms. The second-order valence-electron chi connectivity index (χ2n) is 5.72. The van der Waals surface area contributed by atoms with Crippen molar-refractivity contribution < 1.29 is 9.32 Å². The van der Waals surface area contributed by atoms with Crippen molar-refractivity contribution in [3.8, 4) is 0 Å². The number of amides is 2. The van der Waals surface area contributed by atoms with Gasteiger partial charge < -0.3 is 20.1 Å². The molecule has 0 radical (unpaired) electrons. The van der Waals surface area contributed by atoms with Crippen molar-refractivity contribution in [3.63, 3.8) is 0 Å². The number of rotatable bonds is 5. The zero-order valence-electron chi connectivity index (χ0n) is 13.6. The lowest BCUT2D eigenvalue weighted by molar-refractivity contribution is 0.234. The Morgan fingerprint density at radius 1 is 1.42 bits per heavy atom. The van der Waals surface area contributed by atoms with E-state index in [-0.39, 0.29) is 12.1 Å². The molecule has 24 heavy (non-hydrogen) atoms. The summed E-state index contributed by atoms with van der Waals surface area (Å²) in [7, 11) is 0. The molecule has 2 aromatic rings. The summed E-state index contributed by atoms with van der Waals surface area (Å²) in [6.45, 7) is 3.82. The first-order valence-corrected chi connectivity index (χ1v) is 8.06. The van der Waals surface area contributed by atoms with E-state index in [1.807, 2.05) is 0 Å². The van der Waals surface area contributed by atoms with E-state index in [2.05, 4.69) is 35.6 Å². The van der Waals surface area contributed by atoms with Gasteiger partial charge in [0.15, 0.2) is 5.82 Å². The standard InChI is InChI=1S/C15H21N7O2/c1-11-19-13(24-21-11)5-8-18-15(23)20-12-4-2-9-22(10-12)14-16-6-3-7-17-14/h3,6-7,12H,2,4-5,8-10H2,1H3,(H2,18,20,23)/t12-/m0/s1. The molecule has 0 aliphatic carbocycles. The van der Waals surface area contributed by atoms with Gasteiger partial charge in [0.2, 0.25) is 11.8 Å². The topological polar surface area (TPSA) is 109 Å². The number of urea groups is 1. The highest BCUT2D eigenvalue weighted by Crippen LogP contribution is 2.15. The number of hydrogen-bond donors (Lipinski definition) is 2. The van der Waals surface area contributed by atoms with Gasteiger partial charge in [-0.05, 0) is 25.8 Å². The Kier molecular flexibility index (Phi) is 5.19. The highest BCUT2D eigenvalue weighted by Gasteiger charge is 2.22. The molecule has 9 nitrogen and oxygen atoms in total. The lowest BCUT2D eigenvalue weighted by atomic mass is 10.1. The van der Waals surface area contributed by atoms with Crippen LogP contribution < -0.4 is 15.5 Å². The maximum atomic E-state index is 12.0. The third-order valence-corrected chi connectivity index (χ3v) is 3.79. The minimum absolute atomic E-state index is 0.0770. The van der Waals surface area contributed by atoms with E-state index in [1.54, 1.807) is 25.4 Å². The average Bonchev–Trinajstić information content (AvgIpc) is 3.01. The number of aromatic nitrogens is 4. The Morgan fingerprint density at radius 2 is 2.25 bits per heavy atom. The van der Waals surface area contributed by atoms with Gasteiger partial charge in [0, 0.05) is 44.5 Å². The summed E-state index contributed by atoms with van der Waals surface area (Å²) in [5, 5.41) is 9.52. The summed E-state index contributed by atoms with van der Waals surface area (Å²) >= 11 is 0. The van der Waals surface area contributed by atoms with Crippen molar-refractivity contribution in [2.45, 2.75) is 32.2 Å². The Labute approximate surface area is 139 Å². The summed E-state index contributed by atoms with van der Waals surface area (Å²) in [5.74, 6) is 1.83. The van der Waals surface area contributed by atoms with Crippen LogP contribution in [0.25, 0.3) is 0 Å². The molecule has 1 saturated heterocycles. The minimum atomic E-state index is -0.188. The molecular formula is C15H21N7O2. The quantitative estimate of drug-likeness (QED) is 0.829. The van der Waals surface area contributed by atoms with E-state index in [0.717, 1.165) is 19.4 Å². The Balaban J connectivity index is 1.42. The van der Waals surface area contributed by atoms with Crippen LogP contribution in [0, 0.1) is 6.92 Å². The number of nitrogens with one attached hydrogen (secondary N) is 2. The zero-order valence-corrected chi connectivity index (χ0v) is 13.6. The second-order valence-corrected chi connectivity index (χ2v) is 5.72. The van der Waals surface area contributed by atoms with Crippen LogP contribution in [0.1, 0.15) is 24.6 Å². The van der Waals surface area contributed by atoms with Gasteiger partial charge in [-0.1, -0.05) is 5.16 Å². The molecular weight excluding hydrogens is 310 g/mol. The number of hydrogen-bond acceptors (Lipinski definition) is 7. The van der Waals surface area contributed by atoms with Crippen LogP contribution in [0.3, 0.4) is 0 Å². The third kappa shape index (κ3) is 4.40. The molecule has 2 aromatic heterocycles. The summed E-state index contributed by atoms with van der Waals surface area (Å²) in [6, 6.07) is 1.68. The van der Waals surface area contributed by atoms with Crippen molar-refractivity contribution in [2.24, 2.45) is 0 Å². The van der Waals surface area contributed by atoms with Gasteiger partial charge in [0.05, 0.1) is 0 Å². The molecule has 0 aromatic carbocycles. The van der Waals surface area contributed by atoms with Crippen LogP contribution in [-0.2, 0) is 6.42 Å². The molecule has 128 valence electrons. The molecule has 1 aliphatic rings. The number of anilines is 1. The predicted molar refractivity (Wildman–Crippen MR) is 86.5 cm³/mol. The van der Waals surface area contributed by atoms with Gasteiger partial charge in [0.1, 0.15) is 0 Å². The Morgan fingerprint density at radius 3 is 3.00 bits per heavy atom. The van der Waals surface area contributed by atoms with E-state index in [1.165, 1.54) is 0 Å². The van der Waals surface area contributed by atoms with Crippen molar-refractivity contribution >= 4 is 12.0 Å². The molecule has 1 aliphatic heterocycles. The number of carbonyl (C=O) groups excluding carboxylic acids is 1. The Hall–Kier alpha value is -2.71. The number of piperidine rings is 1. The van der Waals surface area contributed by atoms with Crippen molar-refractivity contribution in [1.29, 1.82) is 0 Å². The number of carbonyl (C=O) groups is 1. The molecule has 0 saturated carbocycles. The SMILES string of the molecule is Cc1noc(CCNC(=O)N[C@H]2CCCN(c3ncccn3)C2)n1. The normalized spacial score (nSPS) is 17.5. The van der Waals surface area contributed by atoms with Crippen LogP contribution in [0.5, 0.6) is 0 Å². The molecule has 0 unspecified atom stereocenters. The molecule has 2 N–H and O–H groups in total. The largest absolute Gasteiger partial charge is 0.339 e. The summed E-state index contributed by atoms with van der Waals surface area (Å²) in [4.78, 5) is 26.7. The molecule has 1 fully saturated rings. The van der Waals surface area contributed by atoms with E-state index >= 15 is 0 Å². The van der Waals surface area contributed by atoms with Crippen molar-refractivity contribution in [3.05, 3.63) is 30.2 Å². The summed E-state index contributed by atoms with van der Waals surface area (Å²) in [5.41, 5.74) is 0. The van der Waals surface area contributed by atoms with Gasteiger partial charge >= 0.3 is 6.03 Å². The van der Waals surface area contributed by atoms with E-state index in [0.29, 0.717) is 37.2 Å². The molecule has 2 amide bonds. The highest BCUT2D eigenvalue weighted by atomic mass is 16.5. The first-order chi connectivity index (χ1) is 11.7. The van der Waals surface area contributed by atoms with Gasteiger partial charge in [-0.2, -0.15) is 4.98 Å². The predicted octanol–water partition coefficient (Wildman–Crippen LogP) is 0.679. The molecule has 3 heterocycles. The zero-order chi connectivity index (χ0) is 16.8. The first kappa shape index (κ1) is 16.2. The van der Waals surface area contributed by atoms with Crippen LogP contribution in [0.4, 0.5) is 10.7 Å². The van der Waals surface area contributed by atoms with Crippen LogP contribution >= 0.6 is 0 Å². The lowest BCUT2D eigenvalue weighted by Gasteiger charge is -2.33. The van der Waals surface area contributed by atoms with Crippen LogP contribution in [-0.4, -0.2) is 51.8 Å². The van der Waals surface area contributed by atoms with Gasteiger partial charge in [-0.25, -0.2) is 14.8 Å². The van der Waals surface area contributed by atoms with Gasteiger partial charge in [-0.3, -0.25) is 0 Å². The lowest BCUT2D eigenvalue weighted by Crippen LogP contribution is -2.51. The summed E-state index contributed by atoms with van der Waals surface area (Å²) in [6.07, 6.45) is 5.91. The monoisotopic (exact) mass is 331 g/mol. The third-order valence-electron chi connectivity index (χ3n) is 3.79. The van der Waals surface area contributed by atoms with Gasteiger partial charge in [-0.15, -0.1) is 0 Å². The molecule has 3 rings (SSSR count). The van der Waals surface area contributed by atoms with Crippen molar-refractivity contribution in [1.82, 2.24) is 30.7 Å². The number of aryl methyl sites for hydroxylation is 1. The maximum Gasteiger partial charge on any atom is 0.315 e. The van der Waals surface area contributed by atoms with Crippen molar-refractivity contribution in [2.75, 3.05) is 24.5 Å². The van der Waals surface area contributed by atoms with E-state index < -0.39 is 0 Å². The first-order valence-electron chi connectivity index (χ1n) is 8.06. The van der Waals surface area contributed by atoms with Crippen LogP contribution in [0.2, 0.25) is 0 Å². The minimum Gasteiger partial charge on any atom is -0.339 e. The van der Waals surface area contributed by atoms with E-state index in [4.69, 9.17) is 4.52 Å². The number of nitrogens with zero attached hydrogens (tertiary/aromatic N) is 5. The van der Waals surface area contributed by atoms with E-state index in [9.17, 15) is 4.79 Å². The fourth-order valence-corrected chi connectivity index (χ4v) is 2.69. The molecule has 0 spiro atoms. The fraction of sp³-hybridized carbons (Fsp3) is 0.533. The molecule has 9 heteroatoms. The van der Waals surface area contributed by atoms with Crippen LogP contribution in [0.15, 0.2) is 23.0 Å². The average molecular weight is 331 g/mol. The summed E-state index contributed by atoms with van der Waals surface area (Å²) < 4.78 is 5.01.